The molecule has 5 heteroatoms. The highest BCUT2D eigenvalue weighted by atomic mass is 16.5. The summed E-state index contributed by atoms with van der Waals surface area (Å²) in [7, 11) is 0. The van der Waals surface area contributed by atoms with Crippen molar-refractivity contribution in [2.24, 2.45) is 5.92 Å². The van der Waals surface area contributed by atoms with Crippen molar-refractivity contribution in [1.29, 1.82) is 0 Å². The maximum atomic E-state index is 12.2. The highest BCUT2D eigenvalue weighted by Crippen LogP contribution is 2.27. The fourth-order valence-electron chi connectivity index (χ4n) is 3.67. The molecule has 2 aromatic rings. The van der Waals surface area contributed by atoms with Gasteiger partial charge in [-0.3, -0.25) is 4.79 Å². The molecule has 0 aromatic heterocycles. The van der Waals surface area contributed by atoms with Crippen LogP contribution in [0.2, 0.25) is 0 Å². The van der Waals surface area contributed by atoms with Gasteiger partial charge in [0.2, 0.25) is 5.91 Å². The minimum atomic E-state index is -1.02. The fourth-order valence-corrected chi connectivity index (χ4v) is 3.67. The van der Waals surface area contributed by atoms with E-state index in [9.17, 15) is 14.7 Å². The van der Waals surface area contributed by atoms with Crippen molar-refractivity contribution in [3.05, 3.63) is 65.7 Å². The molecule has 1 fully saturated rings. The summed E-state index contributed by atoms with van der Waals surface area (Å²) in [5, 5.41) is 12.2. The summed E-state index contributed by atoms with van der Waals surface area (Å²) in [4.78, 5) is 23.9. The van der Waals surface area contributed by atoms with Crippen molar-refractivity contribution in [3.63, 3.8) is 0 Å². The Hall–Kier alpha value is -2.82. The molecule has 0 bridgehead atoms. The van der Waals surface area contributed by atoms with E-state index in [1.807, 2.05) is 54.6 Å². The number of hydrogen-bond acceptors (Lipinski definition) is 3. The highest BCUT2D eigenvalue weighted by molar-refractivity contribution is 5.83. The van der Waals surface area contributed by atoms with Gasteiger partial charge in [-0.05, 0) is 42.0 Å². The third kappa shape index (κ3) is 6.12. The van der Waals surface area contributed by atoms with E-state index in [0.29, 0.717) is 24.7 Å². The zero-order chi connectivity index (χ0) is 19.8. The van der Waals surface area contributed by atoms with Crippen LogP contribution >= 0.6 is 0 Å². The van der Waals surface area contributed by atoms with Crippen LogP contribution in [0.1, 0.15) is 43.2 Å². The Balaban J connectivity index is 1.56. The van der Waals surface area contributed by atoms with Gasteiger partial charge < -0.3 is 15.2 Å². The van der Waals surface area contributed by atoms with Crippen LogP contribution in [-0.2, 0) is 22.6 Å². The SMILES string of the molecule is O=C(CC1CCCC1)N[C@@H](Cc1cccc(OCc2ccccc2)c1)C(=O)O. The molecular weight excluding hydrogens is 354 g/mol. The molecule has 2 N–H and O–H groups in total. The van der Waals surface area contributed by atoms with Gasteiger partial charge in [-0.1, -0.05) is 55.3 Å². The lowest BCUT2D eigenvalue weighted by atomic mass is 10.0. The molecule has 5 nitrogen and oxygen atoms in total. The minimum absolute atomic E-state index is 0.171. The molecule has 0 unspecified atom stereocenters. The van der Waals surface area contributed by atoms with Gasteiger partial charge in [0.05, 0.1) is 0 Å². The zero-order valence-corrected chi connectivity index (χ0v) is 16.0. The third-order valence-corrected chi connectivity index (χ3v) is 5.17. The molecule has 28 heavy (non-hydrogen) atoms. The van der Waals surface area contributed by atoms with Crippen molar-refractivity contribution in [2.45, 2.75) is 51.2 Å². The van der Waals surface area contributed by atoms with Crippen LogP contribution in [0.3, 0.4) is 0 Å². The van der Waals surface area contributed by atoms with Crippen LogP contribution < -0.4 is 10.1 Å². The standard InChI is InChI=1S/C23H27NO4/c25-22(15-17-7-4-5-8-17)24-21(23(26)27)14-19-11-6-12-20(13-19)28-16-18-9-2-1-3-10-18/h1-3,6,9-13,17,21H,4-5,7-8,14-16H2,(H,24,25)(H,26,27)/t21-/m0/s1. The lowest BCUT2D eigenvalue weighted by molar-refractivity contribution is -0.141. The van der Waals surface area contributed by atoms with Gasteiger partial charge in [0.25, 0.3) is 0 Å². The summed E-state index contributed by atoms with van der Waals surface area (Å²) >= 11 is 0. The molecule has 0 radical (unpaired) electrons. The average molecular weight is 381 g/mol. The maximum Gasteiger partial charge on any atom is 0.326 e. The molecule has 1 saturated carbocycles. The van der Waals surface area contributed by atoms with Crippen LogP contribution in [0, 0.1) is 5.92 Å². The molecule has 148 valence electrons. The molecule has 2 aromatic carbocycles. The monoisotopic (exact) mass is 381 g/mol. The first kappa shape index (κ1) is 19.9. The molecule has 0 saturated heterocycles. The van der Waals surface area contributed by atoms with Gasteiger partial charge in [-0.25, -0.2) is 4.79 Å². The second-order valence-corrected chi connectivity index (χ2v) is 7.44. The average Bonchev–Trinajstić information content (AvgIpc) is 3.20. The number of amides is 1. The quantitative estimate of drug-likeness (QED) is 0.689. The molecule has 1 atom stereocenters. The molecule has 3 rings (SSSR count). The largest absolute Gasteiger partial charge is 0.489 e. The maximum absolute atomic E-state index is 12.2. The number of aliphatic carboxylic acids is 1. The zero-order valence-electron chi connectivity index (χ0n) is 16.0. The first-order valence-electron chi connectivity index (χ1n) is 9.88. The van der Waals surface area contributed by atoms with E-state index in [2.05, 4.69) is 5.32 Å². The van der Waals surface area contributed by atoms with Gasteiger partial charge in [0.15, 0.2) is 0 Å². The van der Waals surface area contributed by atoms with E-state index in [1.165, 1.54) is 0 Å². The third-order valence-electron chi connectivity index (χ3n) is 5.17. The number of carboxylic acids is 1. The first-order valence-corrected chi connectivity index (χ1v) is 9.88. The smallest absolute Gasteiger partial charge is 0.326 e. The van der Waals surface area contributed by atoms with E-state index < -0.39 is 12.0 Å². The van der Waals surface area contributed by atoms with E-state index in [-0.39, 0.29) is 12.3 Å². The number of carbonyl (C=O) groups excluding carboxylic acids is 1. The topological polar surface area (TPSA) is 75.6 Å². The number of nitrogens with one attached hydrogen (secondary N) is 1. The van der Waals surface area contributed by atoms with Crippen LogP contribution in [0.25, 0.3) is 0 Å². The number of carboxylic acid groups (broad SMARTS) is 1. The van der Waals surface area contributed by atoms with Gasteiger partial charge in [0, 0.05) is 12.8 Å². The Morgan fingerprint density at radius 1 is 1.04 bits per heavy atom. The predicted molar refractivity (Wildman–Crippen MR) is 107 cm³/mol. The van der Waals surface area contributed by atoms with E-state index >= 15 is 0 Å². The summed E-state index contributed by atoms with van der Waals surface area (Å²) in [6.45, 7) is 0.449. The summed E-state index contributed by atoms with van der Waals surface area (Å²) in [5.41, 5.74) is 1.88. The number of benzene rings is 2. The molecule has 1 aliphatic rings. The van der Waals surface area contributed by atoms with Gasteiger partial charge >= 0.3 is 5.97 Å². The summed E-state index contributed by atoms with van der Waals surface area (Å²) < 4.78 is 5.81. The Morgan fingerprint density at radius 3 is 2.46 bits per heavy atom. The highest BCUT2D eigenvalue weighted by Gasteiger charge is 2.24. The second-order valence-electron chi connectivity index (χ2n) is 7.44. The van der Waals surface area contributed by atoms with Crippen LogP contribution in [0.5, 0.6) is 5.75 Å². The van der Waals surface area contributed by atoms with E-state index in [0.717, 1.165) is 36.8 Å². The van der Waals surface area contributed by atoms with E-state index in [4.69, 9.17) is 4.74 Å². The van der Waals surface area contributed by atoms with Crippen LogP contribution in [-0.4, -0.2) is 23.0 Å². The molecule has 1 amide bonds. The number of ether oxygens (including phenoxy) is 1. The van der Waals surface area contributed by atoms with Crippen molar-refractivity contribution in [3.8, 4) is 5.75 Å². The Bertz CT molecular complexity index is 784. The first-order chi connectivity index (χ1) is 13.6. The number of hydrogen-bond donors (Lipinski definition) is 2. The van der Waals surface area contributed by atoms with Crippen molar-refractivity contribution in [2.75, 3.05) is 0 Å². The normalized spacial score (nSPS) is 15.1. The Kier molecular flexibility index (Phi) is 7.06. The lowest BCUT2D eigenvalue weighted by Crippen LogP contribution is -2.42. The second kappa shape index (κ2) is 9.93. The predicted octanol–water partition coefficient (Wildman–Crippen LogP) is 3.96. The number of carbonyl (C=O) groups is 2. The molecule has 0 aliphatic heterocycles. The summed E-state index contributed by atoms with van der Waals surface area (Å²) in [6.07, 6.45) is 5.10. The van der Waals surface area contributed by atoms with Crippen molar-refractivity contribution >= 4 is 11.9 Å². The molecule has 0 spiro atoms. The molecule has 1 aliphatic carbocycles. The van der Waals surface area contributed by atoms with Crippen molar-refractivity contribution in [1.82, 2.24) is 5.32 Å². The lowest BCUT2D eigenvalue weighted by Gasteiger charge is -2.17. The Morgan fingerprint density at radius 2 is 1.75 bits per heavy atom. The molecular formula is C23H27NO4. The van der Waals surface area contributed by atoms with Crippen LogP contribution in [0.4, 0.5) is 0 Å². The van der Waals surface area contributed by atoms with Gasteiger partial charge in [-0.15, -0.1) is 0 Å². The molecule has 0 heterocycles. The summed E-state index contributed by atoms with van der Waals surface area (Å²) in [5.74, 6) is -0.113. The summed E-state index contributed by atoms with van der Waals surface area (Å²) in [6, 6.07) is 16.3. The van der Waals surface area contributed by atoms with Crippen molar-refractivity contribution < 1.29 is 19.4 Å². The van der Waals surface area contributed by atoms with Crippen LogP contribution in [0.15, 0.2) is 54.6 Å². The fraction of sp³-hybridized carbons (Fsp3) is 0.391. The van der Waals surface area contributed by atoms with E-state index in [1.54, 1.807) is 0 Å². The Labute approximate surface area is 165 Å². The van der Waals surface area contributed by atoms with Gasteiger partial charge in [0.1, 0.15) is 18.4 Å². The number of rotatable bonds is 9. The minimum Gasteiger partial charge on any atom is -0.489 e. The van der Waals surface area contributed by atoms with Gasteiger partial charge in [-0.2, -0.15) is 0 Å².